The third-order valence-corrected chi connectivity index (χ3v) is 6.55. The Labute approximate surface area is 194 Å². The Morgan fingerprint density at radius 1 is 0.355 bits per heavy atom. The number of aliphatic hydroxyl groups is 1. The van der Waals surface area contributed by atoms with Crippen molar-refractivity contribution in [2.45, 2.75) is 167 Å². The summed E-state index contributed by atoms with van der Waals surface area (Å²) in [6, 6.07) is 0. The van der Waals surface area contributed by atoms with Crippen molar-refractivity contribution in [3.05, 3.63) is 0 Å². The average molecular weight is 441 g/mol. The highest BCUT2D eigenvalue weighted by molar-refractivity contribution is 5.66. The van der Waals surface area contributed by atoms with Gasteiger partial charge in [-0.2, -0.15) is 0 Å². The number of rotatable bonds is 27. The van der Waals surface area contributed by atoms with Gasteiger partial charge in [-0.05, 0) is 12.8 Å². The molecule has 0 saturated carbocycles. The maximum atomic E-state index is 10.4. The van der Waals surface area contributed by atoms with Gasteiger partial charge in [-0.1, -0.05) is 148 Å². The van der Waals surface area contributed by atoms with E-state index in [9.17, 15) is 4.79 Å². The first-order chi connectivity index (χ1) is 15.3. The Bertz CT molecular complexity index is 343. The Morgan fingerprint density at radius 2 is 0.548 bits per heavy atom. The molecule has 2 N–H and O–H groups in total. The molecule has 0 fully saturated rings. The Balaban J connectivity index is 3.00. The second-order valence-electron chi connectivity index (χ2n) is 9.71. The van der Waals surface area contributed by atoms with E-state index in [0.29, 0.717) is 13.0 Å². The van der Waals surface area contributed by atoms with Gasteiger partial charge in [0.15, 0.2) is 0 Å². The zero-order chi connectivity index (χ0) is 22.7. The van der Waals surface area contributed by atoms with Crippen LogP contribution in [0.1, 0.15) is 167 Å². The largest absolute Gasteiger partial charge is 0.481 e. The number of aliphatic hydroxyl groups excluding tert-OH is 1. The fraction of sp³-hybridized carbons (Fsp3) is 0.964. The number of hydrogen-bond acceptors (Lipinski definition) is 2. The van der Waals surface area contributed by atoms with Crippen molar-refractivity contribution in [3.63, 3.8) is 0 Å². The van der Waals surface area contributed by atoms with Gasteiger partial charge in [0.1, 0.15) is 0 Å². The zero-order valence-electron chi connectivity index (χ0n) is 20.9. The van der Waals surface area contributed by atoms with Crippen LogP contribution in [-0.4, -0.2) is 22.8 Å². The molecule has 0 saturated heterocycles. The number of carboxylic acids is 1. The van der Waals surface area contributed by atoms with Crippen LogP contribution in [0.3, 0.4) is 0 Å². The molecule has 0 unspecified atom stereocenters. The molecule has 0 radical (unpaired) electrons. The lowest BCUT2D eigenvalue weighted by atomic mass is 10.0. The molecule has 0 aliphatic rings. The summed E-state index contributed by atoms with van der Waals surface area (Å²) in [5, 5.41) is 17.3. The molecule has 31 heavy (non-hydrogen) atoms. The highest BCUT2D eigenvalue weighted by Gasteiger charge is 1.98. The molecule has 0 aliphatic heterocycles. The molecular formula is C28H56O3. The van der Waals surface area contributed by atoms with Crippen molar-refractivity contribution >= 4 is 5.97 Å². The van der Waals surface area contributed by atoms with Crippen LogP contribution < -0.4 is 0 Å². The summed E-state index contributed by atoms with van der Waals surface area (Å²) < 4.78 is 0. The van der Waals surface area contributed by atoms with Gasteiger partial charge in [0, 0.05) is 13.0 Å². The van der Waals surface area contributed by atoms with E-state index < -0.39 is 5.97 Å². The molecule has 0 spiro atoms. The smallest absolute Gasteiger partial charge is 0.303 e. The van der Waals surface area contributed by atoms with Crippen LogP contribution in [0.2, 0.25) is 0 Å². The van der Waals surface area contributed by atoms with E-state index >= 15 is 0 Å². The van der Waals surface area contributed by atoms with E-state index in [2.05, 4.69) is 0 Å². The highest BCUT2D eigenvalue weighted by Crippen LogP contribution is 2.15. The second kappa shape index (κ2) is 27.5. The maximum absolute atomic E-state index is 10.4. The van der Waals surface area contributed by atoms with Crippen LogP contribution in [0.25, 0.3) is 0 Å². The fourth-order valence-corrected chi connectivity index (χ4v) is 4.45. The third kappa shape index (κ3) is 29.4. The highest BCUT2D eigenvalue weighted by atomic mass is 16.4. The normalized spacial score (nSPS) is 11.3. The summed E-state index contributed by atoms with van der Waals surface area (Å²) in [5.41, 5.74) is 0. The van der Waals surface area contributed by atoms with Crippen LogP contribution in [0.4, 0.5) is 0 Å². The average Bonchev–Trinajstić information content (AvgIpc) is 2.76. The van der Waals surface area contributed by atoms with Gasteiger partial charge in [-0.25, -0.2) is 0 Å². The van der Waals surface area contributed by atoms with Crippen LogP contribution in [0.15, 0.2) is 0 Å². The lowest BCUT2D eigenvalue weighted by Crippen LogP contribution is -1.93. The first kappa shape index (κ1) is 30.4. The quantitative estimate of drug-likeness (QED) is 0.125. The minimum atomic E-state index is -0.654. The summed E-state index contributed by atoms with van der Waals surface area (Å²) >= 11 is 0. The van der Waals surface area contributed by atoms with Crippen LogP contribution in [0, 0.1) is 0 Å². The van der Waals surface area contributed by atoms with Crippen molar-refractivity contribution in [3.8, 4) is 0 Å². The second-order valence-corrected chi connectivity index (χ2v) is 9.71. The van der Waals surface area contributed by atoms with Gasteiger partial charge in [0.2, 0.25) is 0 Å². The van der Waals surface area contributed by atoms with Crippen molar-refractivity contribution < 1.29 is 15.0 Å². The minimum Gasteiger partial charge on any atom is -0.481 e. The molecule has 0 heterocycles. The summed E-state index contributed by atoms with van der Waals surface area (Å²) in [6.07, 6.45) is 33.7. The third-order valence-electron chi connectivity index (χ3n) is 6.55. The van der Waals surface area contributed by atoms with Gasteiger partial charge < -0.3 is 10.2 Å². The molecule has 0 aromatic heterocycles. The predicted octanol–water partition coefficient (Wildman–Crippen LogP) is 9.21. The first-order valence-electron chi connectivity index (χ1n) is 14.1. The van der Waals surface area contributed by atoms with E-state index in [1.807, 2.05) is 0 Å². The van der Waals surface area contributed by atoms with Crippen molar-refractivity contribution in [2.75, 3.05) is 6.61 Å². The number of hydrogen-bond donors (Lipinski definition) is 2. The number of carbonyl (C=O) groups is 1. The van der Waals surface area contributed by atoms with E-state index in [4.69, 9.17) is 10.2 Å². The Morgan fingerprint density at radius 3 is 0.742 bits per heavy atom. The van der Waals surface area contributed by atoms with Gasteiger partial charge >= 0.3 is 5.97 Å². The van der Waals surface area contributed by atoms with Crippen LogP contribution >= 0.6 is 0 Å². The topological polar surface area (TPSA) is 57.5 Å². The van der Waals surface area contributed by atoms with E-state index in [1.54, 1.807) is 0 Å². The number of carboxylic acid groups (broad SMARTS) is 1. The molecule has 186 valence electrons. The summed E-state index contributed by atoms with van der Waals surface area (Å²) in [5.74, 6) is -0.654. The molecule has 0 aliphatic carbocycles. The van der Waals surface area contributed by atoms with Crippen LogP contribution in [0.5, 0.6) is 0 Å². The SMILES string of the molecule is O=C(O)CCCCCCCCCCCCCCCCCCCCCCCCCCCO. The molecule has 3 nitrogen and oxygen atoms in total. The fourth-order valence-electron chi connectivity index (χ4n) is 4.45. The molecule has 0 aromatic carbocycles. The van der Waals surface area contributed by atoms with Gasteiger partial charge in [0.05, 0.1) is 0 Å². The predicted molar refractivity (Wildman–Crippen MR) is 135 cm³/mol. The molecule has 3 heteroatoms. The lowest BCUT2D eigenvalue weighted by Gasteiger charge is -2.04. The van der Waals surface area contributed by atoms with Gasteiger partial charge in [0.25, 0.3) is 0 Å². The summed E-state index contributed by atoms with van der Waals surface area (Å²) in [7, 11) is 0. The standard InChI is InChI=1S/C28H56O3/c29-27-25-23-21-19-17-15-13-11-9-7-5-3-1-2-4-6-8-10-12-14-16-18-20-22-24-26-28(30)31/h29H,1-27H2,(H,30,31). The van der Waals surface area contributed by atoms with Gasteiger partial charge in [-0.3, -0.25) is 4.79 Å². The monoisotopic (exact) mass is 440 g/mol. The van der Waals surface area contributed by atoms with Crippen molar-refractivity contribution in [2.24, 2.45) is 0 Å². The van der Waals surface area contributed by atoms with Crippen molar-refractivity contribution in [1.82, 2.24) is 0 Å². The molecular weight excluding hydrogens is 384 g/mol. The molecule has 0 amide bonds. The lowest BCUT2D eigenvalue weighted by molar-refractivity contribution is -0.137. The summed E-state index contributed by atoms with van der Waals surface area (Å²) in [6.45, 7) is 0.363. The molecule has 0 rings (SSSR count). The zero-order valence-corrected chi connectivity index (χ0v) is 20.9. The van der Waals surface area contributed by atoms with E-state index in [0.717, 1.165) is 19.3 Å². The molecule has 0 aromatic rings. The number of unbranched alkanes of at least 4 members (excludes halogenated alkanes) is 24. The first-order valence-corrected chi connectivity index (χ1v) is 14.1. The van der Waals surface area contributed by atoms with Crippen molar-refractivity contribution in [1.29, 1.82) is 0 Å². The molecule has 0 bridgehead atoms. The van der Waals surface area contributed by atoms with E-state index in [1.165, 1.54) is 141 Å². The minimum absolute atomic E-state index is 0.341. The summed E-state index contributed by atoms with van der Waals surface area (Å²) in [4.78, 5) is 10.4. The van der Waals surface area contributed by atoms with Gasteiger partial charge in [-0.15, -0.1) is 0 Å². The van der Waals surface area contributed by atoms with Crippen LogP contribution in [-0.2, 0) is 4.79 Å². The number of aliphatic carboxylic acids is 1. The molecule has 0 atom stereocenters. The Kier molecular flexibility index (Phi) is 27.0. The maximum Gasteiger partial charge on any atom is 0.303 e. The Hall–Kier alpha value is -0.570. The van der Waals surface area contributed by atoms with E-state index in [-0.39, 0.29) is 0 Å².